The van der Waals surface area contributed by atoms with Gasteiger partial charge in [-0.05, 0) is 42.3 Å². The van der Waals surface area contributed by atoms with Crippen LogP contribution in [0, 0.1) is 5.92 Å². The molecule has 2 aromatic heterocycles. The largest absolute Gasteiger partial charge is 0.381 e. The van der Waals surface area contributed by atoms with Crippen molar-refractivity contribution >= 4 is 17.5 Å². The lowest BCUT2D eigenvalue weighted by Gasteiger charge is -2.10. The first kappa shape index (κ1) is 18.2. The lowest BCUT2D eigenvalue weighted by atomic mass is 10.1. The van der Waals surface area contributed by atoms with Crippen molar-refractivity contribution in [3.63, 3.8) is 0 Å². The Morgan fingerprint density at radius 1 is 1.07 bits per heavy atom. The van der Waals surface area contributed by atoms with Gasteiger partial charge in [-0.15, -0.1) is 0 Å². The predicted molar refractivity (Wildman–Crippen MR) is 104 cm³/mol. The molecule has 1 fully saturated rings. The van der Waals surface area contributed by atoms with E-state index in [-0.39, 0.29) is 11.8 Å². The molecule has 1 aromatic carbocycles. The highest BCUT2D eigenvalue weighted by atomic mass is 16.5. The molecular formula is C21H22N4O3. The molecule has 1 aliphatic heterocycles. The predicted octanol–water partition coefficient (Wildman–Crippen LogP) is 2.03. The number of imidazole rings is 1. The summed E-state index contributed by atoms with van der Waals surface area (Å²) < 4.78 is 7.22. The molecule has 0 aliphatic carbocycles. The van der Waals surface area contributed by atoms with Gasteiger partial charge < -0.3 is 19.8 Å². The Morgan fingerprint density at radius 3 is 2.54 bits per heavy atom. The van der Waals surface area contributed by atoms with Crippen molar-refractivity contribution < 1.29 is 14.3 Å². The minimum absolute atomic E-state index is 0.132. The van der Waals surface area contributed by atoms with E-state index < -0.39 is 0 Å². The Morgan fingerprint density at radius 2 is 1.82 bits per heavy atom. The van der Waals surface area contributed by atoms with Crippen molar-refractivity contribution in [2.45, 2.75) is 13.0 Å². The number of carbonyl (C=O) groups excluding carboxylic acids is 2. The Balaban J connectivity index is 1.30. The van der Waals surface area contributed by atoms with Gasteiger partial charge in [-0.3, -0.25) is 9.59 Å². The van der Waals surface area contributed by atoms with Crippen molar-refractivity contribution in [1.29, 1.82) is 0 Å². The summed E-state index contributed by atoms with van der Waals surface area (Å²) in [6.07, 6.45) is 6.51. The van der Waals surface area contributed by atoms with Crippen LogP contribution in [0.25, 0.3) is 5.65 Å². The molecule has 0 radical (unpaired) electrons. The molecule has 1 aliphatic rings. The van der Waals surface area contributed by atoms with Crippen LogP contribution in [-0.4, -0.2) is 41.0 Å². The third-order valence-electron chi connectivity index (χ3n) is 4.89. The average Bonchev–Trinajstić information content (AvgIpc) is 3.41. The first-order valence-electron chi connectivity index (χ1n) is 9.35. The molecule has 0 spiro atoms. The van der Waals surface area contributed by atoms with Crippen molar-refractivity contribution in [2.24, 2.45) is 5.92 Å². The van der Waals surface area contributed by atoms with Gasteiger partial charge in [0.15, 0.2) is 0 Å². The van der Waals surface area contributed by atoms with Gasteiger partial charge in [0.1, 0.15) is 5.65 Å². The number of aromatic nitrogens is 2. The molecule has 1 atom stereocenters. The molecule has 28 heavy (non-hydrogen) atoms. The number of nitrogens with zero attached hydrogens (tertiary/aromatic N) is 2. The van der Waals surface area contributed by atoms with Crippen LogP contribution in [0.1, 0.15) is 32.7 Å². The fraction of sp³-hybridized carbons (Fsp3) is 0.286. The maximum atomic E-state index is 12.4. The summed E-state index contributed by atoms with van der Waals surface area (Å²) in [7, 11) is 0. The van der Waals surface area contributed by atoms with Gasteiger partial charge in [-0.1, -0.05) is 6.07 Å². The number of pyridine rings is 1. The van der Waals surface area contributed by atoms with E-state index in [0.29, 0.717) is 36.7 Å². The van der Waals surface area contributed by atoms with Gasteiger partial charge in [0.05, 0.1) is 6.61 Å². The van der Waals surface area contributed by atoms with Gasteiger partial charge in [-0.2, -0.15) is 0 Å². The Kier molecular flexibility index (Phi) is 5.34. The van der Waals surface area contributed by atoms with Crippen LogP contribution in [-0.2, 0) is 11.3 Å². The zero-order chi connectivity index (χ0) is 19.3. The molecular weight excluding hydrogens is 356 g/mol. The molecule has 7 heteroatoms. The molecule has 0 bridgehead atoms. The van der Waals surface area contributed by atoms with Crippen LogP contribution >= 0.6 is 0 Å². The second kappa shape index (κ2) is 8.22. The molecule has 144 valence electrons. The van der Waals surface area contributed by atoms with E-state index in [1.807, 2.05) is 28.9 Å². The summed E-state index contributed by atoms with van der Waals surface area (Å²) in [5, 5.41) is 5.82. The van der Waals surface area contributed by atoms with Crippen molar-refractivity contribution in [2.75, 3.05) is 19.8 Å². The summed E-state index contributed by atoms with van der Waals surface area (Å²) in [5.41, 5.74) is 2.90. The lowest BCUT2D eigenvalue weighted by Crippen LogP contribution is -2.29. The van der Waals surface area contributed by atoms with E-state index in [9.17, 15) is 9.59 Å². The maximum absolute atomic E-state index is 12.4. The molecule has 0 saturated carbocycles. The van der Waals surface area contributed by atoms with Gasteiger partial charge in [-0.25, -0.2) is 4.98 Å². The first-order valence-corrected chi connectivity index (χ1v) is 9.35. The number of nitrogens with one attached hydrogen (secondary N) is 2. The Labute approximate surface area is 162 Å². The monoisotopic (exact) mass is 378 g/mol. The number of amides is 2. The highest BCUT2D eigenvalue weighted by molar-refractivity contribution is 5.97. The Hall–Kier alpha value is -3.19. The van der Waals surface area contributed by atoms with Crippen LogP contribution in [0.2, 0.25) is 0 Å². The topological polar surface area (TPSA) is 84.7 Å². The number of hydrogen-bond donors (Lipinski definition) is 2. The molecule has 0 unspecified atom stereocenters. The lowest BCUT2D eigenvalue weighted by molar-refractivity contribution is 0.0935. The van der Waals surface area contributed by atoms with Crippen molar-refractivity contribution in [3.05, 3.63) is 71.7 Å². The summed E-state index contributed by atoms with van der Waals surface area (Å²) in [5.74, 6) is 0.0730. The summed E-state index contributed by atoms with van der Waals surface area (Å²) >= 11 is 0. The maximum Gasteiger partial charge on any atom is 0.251 e. The van der Waals surface area contributed by atoms with Crippen LogP contribution in [0.3, 0.4) is 0 Å². The van der Waals surface area contributed by atoms with Crippen molar-refractivity contribution in [1.82, 2.24) is 20.0 Å². The van der Waals surface area contributed by atoms with Gasteiger partial charge in [0.25, 0.3) is 11.8 Å². The first-order chi connectivity index (χ1) is 13.7. The smallest absolute Gasteiger partial charge is 0.251 e. The zero-order valence-corrected chi connectivity index (χ0v) is 15.4. The third-order valence-corrected chi connectivity index (χ3v) is 4.89. The molecule has 3 aromatic rings. The number of benzene rings is 1. The minimum Gasteiger partial charge on any atom is -0.381 e. The highest BCUT2D eigenvalue weighted by Gasteiger charge is 2.17. The minimum atomic E-state index is -0.180. The molecule has 3 heterocycles. The number of fused-ring (bicyclic) bond motifs is 1. The van der Waals surface area contributed by atoms with Gasteiger partial charge >= 0.3 is 0 Å². The van der Waals surface area contributed by atoms with E-state index >= 15 is 0 Å². The molecule has 1 saturated heterocycles. The Bertz CT molecular complexity index is 975. The van der Waals surface area contributed by atoms with Crippen LogP contribution in [0.15, 0.2) is 55.0 Å². The molecule has 2 amide bonds. The standard InChI is InChI=1S/C21H22N4O3/c26-20(23-11-15-1-6-19-22-8-9-25(19)13-15)17-2-4-18(5-3-17)21(27)24-12-16-7-10-28-14-16/h1-6,8-9,13,16H,7,10-12,14H2,(H,23,26)(H,24,27)/t16-/m0/s1. The van der Waals surface area contributed by atoms with Gasteiger partial charge in [0, 0.05) is 55.3 Å². The van der Waals surface area contributed by atoms with E-state index in [0.717, 1.165) is 24.2 Å². The number of rotatable bonds is 6. The fourth-order valence-corrected chi connectivity index (χ4v) is 3.21. The van der Waals surface area contributed by atoms with Crippen LogP contribution < -0.4 is 10.6 Å². The van der Waals surface area contributed by atoms with E-state index in [1.165, 1.54) is 0 Å². The SMILES string of the molecule is O=C(NCc1ccc2nccn2c1)c1ccc(C(=O)NC[C@@H]2CCOC2)cc1. The van der Waals surface area contributed by atoms with Crippen molar-refractivity contribution in [3.8, 4) is 0 Å². The number of ether oxygens (including phenoxy) is 1. The average molecular weight is 378 g/mol. The van der Waals surface area contributed by atoms with Crippen LogP contribution in [0.5, 0.6) is 0 Å². The normalized spacial score (nSPS) is 16.2. The second-order valence-electron chi connectivity index (χ2n) is 6.93. The van der Waals surface area contributed by atoms with E-state index in [2.05, 4.69) is 15.6 Å². The number of carbonyl (C=O) groups is 2. The quantitative estimate of drug-likeness (QED) is 0.687. The second-order valence-corrected chi connectivity index (χ2v) is 6.93. The molecule has 7 nitrogen and oxygen atoms in total. The number of hydrogen-bond acceptors (Lipinski definition) is 4. The zero-order valence-electron chi connectivity index (χ0n) is 15.4. The van der Waals surface area contributed by atoms with E-state index in [1.54, 1.807) is 30.5 Å². The summed E-state index contributed by atoms with van der Waals surface area (Å²) in [6, 6.07) is 10.5. The highest BCUT2D eigenvalue weighted by Crippen LogP contribution is 2.11. The van der Waals surface area contributed by atoms with Crippen LogP contribution in [0.4, 0.5) is 0 Å². The molecule has 2 N–H and O–H groups in total. The third kappa shape index (κ3) is 4.20. The molecule has 4 rings (SSSR count). The van der Waals surface area contributed by atoms with E-state index in [4.69, 9.17) is 4.74 Å². The summed E-state index contributed by atoms with van der Waals surface area (Å²) in [4.78, 5) is 28.8. The van der Waals surface area contributed by atoms with Gasteiger partial charge in [0.2, 0.25) is 0 Å². The summed E-state index contributed by atoms with van der Waals surface area (Å²) in [6.45, 7) is 2.49. The fourth-order valence-electron chi connectivity index (χ4n) is 3.21.